The van der Waals surface area contributed by atoms with E-state index in [-0.39, 0.29) is 11.9 Å². The van der Waals surface area contributed by atoms with E-state index in [1.807, 2.05) is 37.9 Å². The molecule has 1 N–H and O–H groups in total. The monoisotopic (exact) mass is 299 g/mol. The van der Waals surface area contributed by atoms with E-state index in [1.54, 1.807) is 18.6 Å². The number of likely N-dealkylation sites (N-methyl/N-ethyl adjacent to an activating group) is 1. The van der Waals surface area contributed by atoms with Crippen LogP contribution in [0, 0.1) is 0 Å². The van der Waals surface area contributed by atoms with Gasteiger partial charge < -0.3 is 10.2 Å². The number of rotatable bonds is 6. The summed E-state index contributed by atoms with van der Waals surface area (Å²) in [6.45, 7) is 4.63. The Labute approximate surface area is 130 Å². The molecular weight excluding hydrogens is 278 g/mol. The summed E-state index contributed by atoms with van der Waals surface area (Å²) in [5, 5.41) is 2.79. The van der Waals surface area contributed by atoms with Crippen LogP contribution >= 0.6 is 0 Å². The van der Waals surface area contributed by atoms with Gasteiger partial charge in [0.2, 0.25) is 0 Å². The predicted molar refractivity (Wildman–Crippen MR) is 85.8 cm³/mol. The van der Waals surface area contributed by atoms with E-state index in [2.05, 4.69) is 20.3 Å². The van der Waals surface area contributed by atoms with Gasteiger partial charge in [0.05, 0.1) is 12.4 Å². The first-order valence-electron chi connectivity index (χ1n) is 7.29. The minimum Gasteiger partial charge on any atom is -0.358 e. The molecule has 0 aliphatic carbocycles. The third-order valence-electron chi connectivity index (χ3n) is 3.17. The number of carbonyl (C=O) groups is 1. The molecule has 116 valence electrons. The first-order chi connectivity index (χ1) is 10.6. The molecule has 0 fully saturated rings. The smallest absolute Gasteiger partial charge is 0.271 e. The molecule has 0 aliphatic rings. The SMILES string of the molecule is CC(C)NC(=O)c1cnc(N(C)CCc2ccncc2)cn1. The van der Waals surface area contributed by atoms with Gasteiger partial charge in [-0.1, -0.05) is 0 Å². The van der Waals surface area contributed by atoms with E-state index in [9.17, 15) is 4.79 Å². The third kappa shape index (κ3) is 4.51. The first-order valence-corrected chi connectivity index (χ1v) is 7.29. The van der Waals surface area contributed by atoms with Crippen LogP contribution in [-0.2, 0) is 6.42 Å². The van der Waals surface area contributed by atoms with Crippen LogP contribution in [0.4, 0.5) is 5.82 Å². The van der Waals surface area contributed by atoms with Crippen LogP contribution in [0.3, 0.4) is 0 Å². The Kier molecular flexibility index (Phi) is 5.41. The quantitative estimate of drug-likeness (QED) is 0.879. The van der Waals surface area contributed by atoms with E-state index < -0.39 is 0 Å². The van der Waals surface area contributed by atoms with Gasteiger partial charge in [-0.2, -0.15) is 0 Å². The molecule has 0 atom stereocenters. The second-order valence-corrected chi connectivity index (χ2v) is 5.42. The van der Waals surface area contributed by atoms with Crippen molar-refractivity contribution in [3.63, 3.8) is 0 Å². The maximum Gasteiger partial charge on any atom is 0.271 e. The lowest BCUT2D eigenvalue weighted by Gasteiger charge is -2.17. The van der Waals surface area contributed by atoms with Crippen molar-refractivity contribution in [3.05, 3.63) is 48.2 Å². The molecule has 22 heavy (non-hydrogen) atoms. The Balaban J connectivity index is 1.93. The number of amides is 1. The Morgan fingerprint density at radius 3 is 2.55 bits per heavy atom. The second-order valence-electron chi connectivity index (χ2n) is 5.42. The molecule has 2 rings (SSSR count). The summed E-state index contributed by atoms with van der Waals surface area (Å²) in [7, 11) is 1.96. The van der Waals surface area contributed by atoms with Crippen molar-refractivity contribution >= 4 is 11.7 Å². The number of hydrogen-bond acceptors (Lipinski definition) is 5. The van der Waals surface area contributed by atoms with Gasteiger partial charge in [0.1, 0.15) is 11.5 Å². The van der Waals surface area contributed by atoms with E-state index >= 15 is 0 Å². The van der Waals surface area contributed by atoms with Crippen molar-refractivity contribution in [2.45, 2.75) is 26.3 Å². The lowest BCUT2D eigenvalue weighted by Crippen LogP contribution is -2.31. The largest absolute Gasteiger partial charge is 0.358 e. The zero-order valence-corrected chi connectivity index (χ0v) is 13.2. The number of hydrogen-bond donors (Lipinski definition) is 1. The van der Waals surface area contributed by atoms with Gasteiger partial charge in [-0.15, -0.1) is 0 Å². The maximum atomic E-state index is 11.8. The van der Waals surface area contributed by atoms with Crippen molar-refractivity contribution in [2.24, 2.45) is 0 Å². The molecule has 0 saturated heterocycles. The van der Waals surface area contributed by atoms with Gasteiger partial charge in [0, 0.05) is 32.0 Å². The van der Waals surface area contributed by atoms with Gasteiger partial charge in [0.25, 0.3) is 5.91 Å². The van der Waals surface area contributed by atoms with Gasteiger partial charge in [-0.05, 0) is 38.0 Å². The highest BCUT2D eigenvalue weighted by molar-refractivity contribution is 5.92. The molecule has 2 aromatic heterocycles. The fourth-order valence-electron chi connectivity index (χ4n) is 1.93. The normalized spacial score (nSPS) is 10.5. The molecule has 0 unspecified atom stereocenters. The highest BCUT2D eigenvalue weighted by atomic mass is 16.1. The van der Waals surface area contributed by atoms with Gasteiger partial charge >= 0.3 is 0 Å². The van der Waals surface area contributed by atoms with Crippen molar-refractivity contribution in [2.75, 3.05) is 18.5 Å². The van der Waals surface area contributed by atoms with Crippen LogP contribution in [0.2, 0.25) is 0 Å². The zero-order chi connectivity index (χ0) is 15.9. The fourth-order valence-corrected chi connectivity index (χ4v) is 1.93. The number of pyridine rings is 1. The summed E-state index contributed by atoms with van der Waals surface area (Å²) in [5.74, 6) is 0.545. The summed E-state index contributed by atoms with van der Waals surface area (Å²) in [5.41, 5.74) is 1.56. The fraction of sp³-hybridized carbons (Fsp3) is 0.375. The van der Waals surface area contributed by atoms with Crippen molar-refractivity contribution in [1.29, 1.82) is 0 Å². The molecule has 1 amide bonds. The first kappa shape index (κ1) is 15.9. The summed E-state index contributed by atoms with van der Waals surface area (Å²) >= 11 is 0. The molecule has 0 radical (unpaired) electrons. The van der Waals surface area contributed by atoms with Crippen LogP contribution in [0.25, 0.3) is 0 Å². The summed E-state index contributed by atoms with van der Waals surface area (Å²) in [6.07, 6.45) is 7.61. The van der Waals surface area contributed by atoms with Crippen LogP contribution in [0.15, 0.2) is 36.9 Å². The Bertz CT molecular complexity index is 598. The van der Waals surface area contributed by atoms with Gasteiger partial charge in [-0.25, -0.2) is 9.97 Å². The number of anilines is 1. The third-order valence-corrected chi connectivity index (χ3v) is 3.17. The molecule has 0 spiro atoms. The zero-order valence-electron chi connectivity index (χ0n) is 13.2. The number of carbonyl (C=O) groups excluding carboxylic acids is 1. The number of aromatic nitrogens is 3. The average Bonchev–Trinajstić information content (AvgIpc) is 2.53. The minimum absolute atomic E-state index is 0.0806. The van der Waals surface area contributed by atoms with Crippen molar-refractivity contribution in [1.82, 2.24) is 20.3 Å². The van der Waals surface area contributed by atoms with Crippen molar-refractivity contribution < 1.29 is 4.79 Å². The number of nitrogens with one attached hydrogen (secondary N) is 1. The highest BCUT2D eigenvalue weighted by Gasteiger charge is 2.10. The molecule has 6 nitrogen and oxygen atoms in total. The van der Waals surface area contributed by atoms with E-state index in [1.165, 1.54) is 11.8 Å². The van der Waals surface area contributed by atoms with Crippen LogP contribution in [-0.4, -0.2) is 40.5 Å². The van der Waals surface area contributed by atoms with Gasteiger partial charge in [0.15, 0.2) is 0 Å². The van der Waals surface area contributed by atoms with Crippen LogP contribution < -0.4 is 10.2 Å². The molecule has 2 aromatic rings. The van der Waals surface area contributed by atoms with Gasteiger partial charge in [-0.3, -0.25) is 9.78 Å². The Hall–Kier alpha value is -2.50. The van der Waals surface area contributed by atoms with E-state index in [0.717, 1.165) is 18.8 Å². The Morgan fingerprint density at radius 2 is 1.95 bits per heavy atom. The molecule has 0 bridgehead atoms. The second kappa shape index (κ2) is 7.49. The van der Waals surface area contributed by atoms with E-state index in [4.69, 9.17) is 0 Å². The van der Waals surface area contributed by atoms with Crippen LogP contribution in [0.5, 0.6) is 0 Å². The lowest BCUT2D eigenvalue weighted by atomic mass is 10.2. The average molecular weight is 299 g/mol. The van der Waals surface area contributed by atoms with E-state index in [0.29, 0.717) is 5.69 Å². The standard InChI is InChI=1S/C16H21N5O/c1-12(2)20-16(22)14-10-19-15(11-18-14)21(3)9-6-13-4-7-17-8-5-13/h4-5,7-8,10-12H,6,9H2,1-3H3,(H,20,22). The summed E-state index contributed by atoms with van der Waals surface area (Å²) in [4.78, 5) is 26.3. The molecule has 2 heterocycles. The summed E-state index contributed by atoms with van der Waals surface area (Å²) in [6, 6.07) is 4.08. The molecular formula is C16H21N5O. The minimum atomic E-state index is -0.200. The number of nitrogens with zero attached hydrogens (tertiary/aromatic N) is 4. The summed E-state index contributed by atoms with van der Waals surface area (Å²) < 4.78 is 0. The van der Waals surface area contributed by atoms with Crippen LogP contribution in [0.1, 0.15) is 29.9 Å². The molecule has 0 aromatic carbocycles. The topological polar surface area (TPSA) is 71.0 Å². The Morgan fingerprint density at radius 1 is 1.23 bits per heavy atom. The maximum absolute atomic E-state index is 11.8. The molecule has 0 aliphatic heterocycles. The predicted octanol–water partition coefficient (Wildman–Crippen LogP) is 1.69. The lowest BCUT2D eigenvalue weighted by molar-refractivity contribution is 0.0937. The molecule has 0 saturated carbocycles. The van der Waals surface area contributed by atoms with Crippen molar-refractivity contribution in [3.8, 4) is 0 Å². The molecule has 6 heteroatoms. The highest BCUT2D eigenvalue weighted by Crippen LogP contribution is 2.08.